The number of carbonyl (C=O) groups excluding carboxylic acids is 1. The quantitative estimate of drug-likeness (QED) is 0.782. The van der Waals surface area contributed by atoms with E-state index in [9.17, 15) is 9.90 Å². The Morgan fingerprint density at radius 2 is 2.27 bits per heavy atom. The van der Waals surface area contributed by atoms with E-state index in [2.05, 4.69) is 4.74 Å². The van der Waals surface area contributed by atoms with Gasteiger partial charge in [0.15, 0.2) is 4.88 Å². The predicted octanol–water partition coefficient (Wildman–Crippen LogP) is 3.05. The number of fused-ring (bicyclic) bond motifs is 1. The highest BCUT2D eigenvalue weighted by atomic mass is 35.5. The zero-order valence-electron chi connectivity index (χ0n) is 7.78. The molecule has 0 spiro atoms. The summed E-state index contributed by atoms with van der Waals surface area (Å²) in [5.74, 6) is -0.655. The monoisotopic (exact) mass is 242 g/mol. The van der Waals surface area contributed by atoms with Crippen molar-refractivity contribution in [3.63, 3.8) is 0 Å². The second kappa shape index (κ2) is 3.72. The molecule has 15 heavy (non-hydrogen) atoms. The van der Waals surface area contributed by atoms with Crippen molar-refractivity contribution in [2.75, 3.05) is 7.11 Å². The Morgan fingerprint density at radius 3 is 2.87 bits per heavy atom. The fourth-order valence-corrected chi connectivity index (χ4v) is 2.68. The molecule has 0 bridgehead atoms. The van der Waals surface area contributed by atoms with Crippen LogP contribution in [0.25, 0.3) is 10.1 Å². The van der Waals surface area contributed by atoms with Crippen molar-refractivity contribution in [3.8, 4) is 5.75 Å². The third-order valence-electron chi connectivity index (χ3n) is 2.01. The fourth-order valence-electron chi connectivity index (χ4n) is 1.32. The van der Waals surface area contributed by atoms with E-state index >= 15 is 0 Å². The van der Waals surface area contributed by atoms with E-state index in [1.165, 1.54) is 7.11 Å². The zero-order valence-corrected chi connectivity index (χ0v) is 9.35. The second-order valence-electron chi connectivity index (χ2n) is 2.88. The lowest BCUT2D eigenvalue weighted by Gasteiger charge is -1.96. The van der Waals surface area contributed by atoms with Gasteiger partial charge in [0.05, 0.1) is 17.5 Å². The molecule has 0 aliphatic heterocycles. The molecule has 1 N–H and O–H groups in total. The molecule has 0 radical (unpaired) electrons. The molecule has 1 aromatic heterocycles. The summed E-state index contributed by atoms with van der Waals surface area (Å²) in [4.78, 5) is 11.5. The Labute approximate surface area is 94.9 Å². The van der Waals surface area contributed by atoms with Crippen LogP contribution in [0.4, 0.5) is 0 Å². The average Bonchev–Trinajstić information content (AvgIpc) is 2.56. The third-order valence-corrected chi connectivity index (χ3v) is 3.45. The SMILES string of the molecule is COC(=O)c1sc2cccc(Cl)c2c1O. The number of aromatic hydroxyl groups is 1. The molecular weight excluding hydrogens is 236 g/mol. The summed E-state index contributed by atoms with van der Waals surface area (Å²) in [6, 6.07) is 5.22. The molecule has 0 fully saturated rings. The van der Waals surface area contributed by atoms with Crippen molar-refractivity contribution in [1.29, 1.82) is 0 Å². The van der Waals surface area contributed by atoms with Crippen LogP contribution in [0.1, 0.15) is 9.67 Å². The molecule has 2 aromatic rings. The van der Waals surface area contributed by atoms with Gasteiger partial charge >= 0.3 is 5.97 Å². The van der Waals surface area contributed by atoms with Crippen molar-refractivity contribution < 1.29 is 14.6 Å². The van der Waals surface area contributed by atoms with Crippen molar-refractivity contribution >= 4 is 39.0 Å². The van der Waals surface area contributed by atoms with E-state index in [1.807, 2.05) is 0 Å². The van der Waals surface area contributed by atoms with E-state index in [4.69, 9.17) is 11.6 Å². The number of esters is 1. The number of ether oxygens (including phenoxy) is 1. The molecule has 1 aromatic carbocycles. The number of hydrogen-bond donors (Lipinski definition) is 1. The Morgan fingerprint density at radius 1 is 1.53 bits per heavy atom. The Kier molecular flexibility index (Phi) is 2.54. The molecule has 0 aliphatic carbocycles. The van der Waals surface area contributed by atoms with Gasteiger partial charge < -0.3 is 9.84 Å². The normalized spacial score (nSPS) is 10.5. The first-order chi connectivity index (χ1) is 7.15. The molecule has 3 nitrogen and oxygen atoms in total. The Hall–Kier alpha value is -1.26. The van der Waals surface area contributed by atoms with Crippen molar-refractivity contribution in [3.05, 3.63) is 28.1 Å². The lowest BCUT2D eigenvalue weighted by Crippen LogP contribution is -1.97. The van der Waals surface area contributed by atoms with Crippen molar-refractivity contribution in [1.82, 2.24) is 0 Å². The highest BCUT2D eigenvalue weighted by Crippen LogP contribution is 2.40. The van der Waals surface area contributed by atoms with Gasteiger partial charge in [-0.25, -0.2) is 4.79 Å². The van der Waals surface area contributed by atoms with Gasteiger partial charge in [-0.15, -0.1) is 11.3 Å². The van der Waals surface area contributed by atoms with Crippen LogP contribution in [0.3, 0.4) is 0 Å². The van der Waals surface area contributed by atoms with Gasteiger partial charge in [-0.05, 0) is 12.1 Å². The average molecular weight is 243 g/mol. The van der Waals surface area contributed by atoms with Gasteiger partial charge in [-0.1, -0.05) is 17.7 Å². The largest absolute Gasteiger partial charge is 0.505 e. The van der Waals surface area contributed by atoms with Crippen LogP contribution in [-0.2, 0) is 4.74 Å². The fraction of sp³-hybridized carbons (Fsp3) is 0.100. The van der Waals surface area contributed by atoms with Gasteiger partial charge in [0, 0.05) is 4.70 Å². The zero-order chi connectivity index (χ0) is 11.0. The minimum atomic E-state index is -0.551. The summed E-state index contributed by atoms with van der Waals surface area (Å²) >= 11 is 7.08. The van der Waals surface area contributed by atoms with Crippen LogP contribution in [-0.4, -0.2) is 18.2 Å². The molecule has 0 atom stereocenters. The maximum atomic E-state index is 11.3. The highest BCUT2D eigenvalue weighted by molar-refractivity contribution is 7.21. The molecular formula is C10H7ClO3S. The van der Waals surface area contributed by atoms with Crippen molar-refractivity contribution in [2.45, 2.75) is 0 Å². The summed E-state index contributed by atoms with van der Waals surface area (Å²) in [6.45, 7) is 0. The topological polar surface area (TPSA) is 46.5 Å². The molecule has 1 heterocycles. The number of benzene rings is 1. The first-order valence-corrected chi connectivity index (χ1v) is 5.33. The molecule has 5 heteroatoms. The van der Waals surface area contributed by atoms with Gasteiger partial charge in [0.25, 0.3) is 0 Å². The van der Waals surface area contributed by atoms with E-state index in [1.54, 1.807) is 18.2 Å². The molecule has 0 saturated carbocycles. The van der Waals surface area contributed by atoms with Gasteiger partial charge in [0.2, 0.25) is 0 Å². The van der Waals surface area contributed by atoms with E-state index in [0.717, 1.165) is 16.0 Å². The molecule has 78 valence electrons. The summed E-state index contributed by atoms with van der Waals surface area (Å²) in [6.07, 6.45) is 0. The number of rotatable bonds is 1. The summed E-state index contributed by atoms with van der Waals surface area (Å²) < 4.78 is 5.32. The van der Waals surface area contributed by atoms with Gasteiger partial charge in [-0.3, -0.25) is 0 Å². The summed E-state index contributed by atoms with van der Waals surface area (Å²) in [5.41, 5.74) is 0. The predicted molar refractivity (Wildman–Crippen MR) is 59.8 cm³/mol. The van der Waals surface area contributed by atoms with Crippen LogP contribution in [0.5, 0.6) is 5.75 Å². The maximum Gasteiger partial charge on any atom is 0.351 e. The number of hydrogen-bond acceptors (Lipinski definition) is 4. The van der Waals surface area contributed by atoms with Gasteiger partial charge in [0.1, 0.15) is 5.75 Å². The Balaban J connectivity index is 2.75. The molecule has 0 aliphatic rings. The molecule has 0 unspecified atom stereocenters. The minimum Gasteiger partial charge on any atom is -0.505 e. The van der Waals surface area contributed by atoms with Crippen LogP contribution in [0, 0.1) is 0 Å². The van der Waals surface area contributed by atoms with Gasteiger partial charge in [-0.2, -0.15) is 0 Å². The second-order valence-corrected chi connectivity index (χ2v) is 4.34. The summed E-state index contributed by atoms with van der Waals surface area (Å²) in [7, 11) is 1.27. The molecule has 0 amide bonds. The molecule has 0 saturated heterocycles. The van der Waals surface area contributed by atoms with Crippen LogP contribution < -0.4 is 0 Å². The lowest BCUT2D eigenvalue weighted by atomic mass is 10.2. The van der Waals surface area contributed by atoms with Crippen LogP contribution in [0.15, 0.2) is 18.2 Å². The number of thiophene rings is 1. The number of halogens is 1. The van der Waals surface area contributed by atoms with E-state index in [0.29, 0.717) is 10.4 Å². The first kappa shape index (κ1) is 10.3. The smallest absolute Gasteiger partial charge is 0.351 e. The van der Waals surface area contributed by atoms with Crippen LogP contribution in [0.2, 0.25) is 5.02 Å². The van der Waals surface area contributed by atoms with Crippen molar-refractivity contribution in [2.24, 2.45) is 0 Å². The third kappa shape index (κ3) is 1.56. The van der Waals surface area contributed by atoms with E-state index < -0.39 is 5.97 Å². The summed E-state index contributed by atoms with van der Waals surface area (Å²) in [5, 5.41) is 10.7. The number of carbonyl (C=O) groups is 1. The lowest BCUT2D eigenvalue weighted by molar-refractivity contribution is 0.0603. The highest BCUT2D eigenvalue weighted by Gasteiger charge is 2.19. The molecule has 2 rings (SSSR count). The standard InChI is InChI=1S/C10H7ClO3S/c1-14-10(13)9-8(12)7-5(11)3-2-4-6(7)15-9/h2-4,12H,1H3. The maximum absolute atomic E-state index is 11.3. The Bertz CT molecular complexity index is 533. The number of methoxy groups -OCH3 is 1. The first-order valence-electron chi connectivity index (χ1n) is 4.13. The van der Waals surface area contributed by atoms with Crippen LogP contribution >= 0.6 is 22.9 Å². The van der Waals surface area contributed by atoms with E-state index in [-0.39, 0.29) is 10.6 Å². The minimum absolute atomic E-state index is 0.104.